The van der Waals surface area contributed by atoms with Gasteiger partial charge in [-0.05, 0) is 38.8 Å². The van der Waals surface area contributed by atoms with Crippen molar-refractivity contribution in [1.82, 2.24) is 9.46 Å². The second-order valence-electron chi connectivity index (χ2n) is 5.90. The molecule has 1 fully saturated rings. The minimum absolute atomic E-state index is 0.0324. The Kier molecular flexibility index (Phi) is 4.86. The lowest BCUT2D eigenvalue weighted by atomic mass is 10.2. The van der Waals surface area contributed by atoms with Crippen LogP contribution in [0.25, 0.3) is 0 Å². The van der Waals surface area contributed by atoms with Crippen LogP contribution < -0.4 is 5.32 Å². The lowest BCUT2D eigenvalue weighted by Gasteiger charge is -2.23. The highest BCUT2D eigenvalue weighted by Crippen LogP contribution is 2.31. The maximum Gasteiger partial charge on any atom is 0.249 e. The molecule has 1 N–H and O–H groups in total. The molecule has 0 radical (unpaired) electrons. The number of aromatic nitrogens is 1. The van der Waals surface area contributed by atoms with E-state index in [0.29, 0.717) is 23.6 Å². The van der Waals surface area contributed by atoms with E-state index in [1.165, 1.54) is 4.31 Å². The summed E-state index contributed by atoms with van der Waals surface area (Å²) in [5.74, 6) is -0.185. The molecule has 1 aliphatic heterocycles. The lowest BCUT2D eigenvalue weighted by Crippen LogP contribution is -2.43. The average Bonchev–Trinajstić information content (AvgIpc) is 3.17. The van der Waals surface area contributed by atoms with Gasteiger partial charge in [0.1, 0.15) is 16.6 Å². The Morgan fingerprint density at radius 2 is 2.08 bits per heavy atom. The number of rotatable bonds is 4. The van der Waals surface area contributed by atoms with E-state index in [1.807, 2.05) is 0 Å². The first-order valence-corrected chi connectivity index (χ1v) is 9.64. The number of hydrogen-bond donors (Lipinski definition) is 1. The Hall–Kier alpha value is -1.90. The van der Waals surface area contributed by atoms with E-state index >= 15 is 0 Å². The molecule has 1 aliphatic rings. The Labute approximate surface area is 151 Å². The van der Waals surface area contributed by atoms with Gasteiger partial charge in [0.25, 0.3) is 0 Å². The molecule has 1 aromatic heterocycles. The normalized spacial score (nSPS) is 18.4. The molecule has 2 aromatic rings. The fourth-order valence-corrected chi connectivity index (χ4v) is 5.16. The van der Waals surface area contributed by atoms with Gasteiger partial charge in [-0.2, -0.15) is 4.31 Å². The summed E-state index contributed by atoms with van der Waals surface area (Å²) >= 11 is 6.06. The largest absolute Gasteiger partial charge is 0.360 e. The number of carbonyl (C=O) groups excluding carboxylic acids is 1. The zero-order valence-corrected chi connectivity index (χ0v) is 15.4. The van der Waals surface area contributed by atoms with E-state index in [-0.39, 0.29) is 22.9 Å². The third-order valence-corrected chi connectivity index (χ3v) is 6.66. The van der Waals surface area contributed by atoms with Crippen LogP contribution in [-0.4, -0.2) is 36.4 Å². The number of sulfonamides is 1. The first kappa shape index (κ1) is 17.9. The molecule has 1 atom stereocenters. The van der Waals surface area contributed by atoms with Gasteiger partial charge in [-0.1, -0.05) is 28.9 Å². The number of amides is 1. The van der Waals surface area contributed by atoms with Gasteiger partial charge < -0.3 is 9.84 Å². The number of nitrogens with one attached hydrogen (secondary N) is 1. The second-order valence-corrected chi connectivity index (χ2v) is 8.13. The monoisotopic (exact) mass is 383 g/mol. The van der Waals surface area contributed by atoms with Crippen LogP contribution >= 0.6 is 11.6 Å². The highest BCUT2D eigenvalue weighted by molar-refractivity contribution is 7.89. The van der Waals surface area contributed by atoms with Crippen LogP contribution in [0.15, 0.2) is 33.7 Å². The number of nitrogens with zero attached hydrogens (tertiary/aromatic N) is 2. The predicted octanol–water partition coefficient (Wildman–Crippen LogP) is 2.74. The summed E-state index contributed by atoms with van der Waals surface area (Å²) in [6.45, 7) is 3.38. The van der Waals surface area contributed by atoms with Crippen molar-refractivity contribution in [2.24, 2.45) is 0 Å². The van der Waals surface area contributed by atoms with Crippen molar-refractivity contribution in [1.29, 1.82) is 0 Å². The lowest BCUT2D eigenvalue weighted by molar-refractivity contribution is -0.119. The van der Waals surface area contributed by atoms with Crippen LogP contribution in [0.5, 0.6) is 0 Å². The van der Waals surface area contributed by atoms with Crippen LogP contribution in [0, 0.1) is 13.8 Å². The molecule has 1 aromatic carbocycles. The highest BCUT2D eigenvalue weighted by atomic mass is 35.5. The van der Waals surface area contributed by atoms with Gasteiger partial charge in [0.2, 0.25) is 15.9 Å². The number of halogens is 1. The van der Waals surface area contributed by atoms with Crippen LogP contribution in [-0.2, 0) is 14.8 Å². The third-order valence-electron chi connectivity index (χ3n) is 4.17. The summed E-state index contributed by atoms with van der Waals surface area (Å²) in [7, 11) is -3.87. The maximum atomic E-state index is 13.0. The van der Waals surface area contributed by atoms with Gasteiger partial charge in [0.05, 0.1) is 10.7 Å². The number of carbonyl (C=O) groups is 1. The van der Waals surface area contributed by atoms with Crippen LogP contribution in [0.4, 0.5) is 5.69 Å². The van der Waals surface area contributed by atoms with Crippen molar-refractivity contribution in [2.75, 3.05) is 11.9 Å². The van der Waals surface area contributed by atoms with Gasteiger partial charge in [-0.15, -0.1) is 0 Å². The maximum absolute atomic E-state index is 13.0. The minimum Gasteiger partial charge on any atom is -0.360 e. The van der Waals surface area contributed by atoms with Crippen molar-refractivity contribution >= 4 is 33.2 Å². The fraction of sp³-hybridized carbons (Fsp3) is 0.375. The van der Waals surface area contributed by atoms with Crippen molar-refractivity contribution < 1.29 is 17.7 Å². The van der Waals surface area contributed by atoms with E-state index in [4.69, 9.17) is 16.1 Å². The molecular weight excluding hydrogens is 366 g/mol. The van der Waals surface area contributed by atoms with Gasteiger partial charge in [0.15, 0.2) is 5.76 Å². The molecule has 1 saturated heterocycles. The summed E-state index contributed by atoms with van der Waals surface area (Å²) in [4.78, 5) is 12.7. The summed E-state index contributed by atoms with van der Waals surface area (Å²) in [5.41, 5.74) is 0.741. The molecule has 9 heteroatoms. The van der Waals surface area contributed by atoms with Crippen LogP contribution in [0.3, 0.4) is 0 Å². The van der Waals surface area contributed by atoms with E-state index < -0.39 is 22.0 Å². The molecule has 0 bridgehead atoms. The Balaban J connectivity index is 1.88. The molecule has 7 nitrogen and oxygen atoms in total. The summed E-state index contributed by atoms with van der Waals surface area (Å²) in [5, 5.41) is 6.81. The molecule has 1 amide bonds. The second kappa shape index (κ2) is 6.78. The number of aryl methyl sites for hydroxylation is 2. The molecule has 2 heterocycles. The van der Waals surface area contributed by atoms with Crippen molar-refractivity contribution in [3.8, 4) is 0 Å². The first-order valence-electron chi connectivity index (χ1n) is 7.82. The number of hydrogen-bond acceptors (Lipinski definition) is 5. The van der Waals surface area contributed by atoms with E-state index in [1.54, 1.807) is 38.1 Å². The van der Waals surface area contributed by atoms with Gasteiger partial charge >= 0.3 is 0 Å². The van der Waals surface area contributed by atoms with Gasteiger partial charge in [-0.25, -0.2) is 8.42 Å². The number of benzene rings is 1. The smallest absolute Gasteiger partial charge is 0.249 e. The number of para-hydroxylation sites is 1. The highest BCUT2D eigenvalue weighted by Gasteiger charge is 2.41. The first-order chi connectivity index (χ1) is 11.8. The molecule has 0 aliphatic carbocycles. The van der Waals surface area contributed by atoms with E-state index in [2.05, 4.69) is 10.5 Å². The third kappa shape index (κ3) is 3.29. The van der Waals surface area contributed by atoms with Gasteiger partial charge in [-0.3, -0.25) is 4.79 Å². The topological polar surface area (TPSA) is 92.5 Å². The molecule has 134 valence electrons. The summed E-state index contributed by atoms with van der Waals surface area (Å²) < 4.78 is 32.2. The van der Waals surface area contributed by atoms with Crippen LogP contribution in [0.1, 0.15) is 24.3 Å². The molecule has 1 unspecified atom stereocenters. The van der Waals surface area contributed by atoms with E-state index in [9.17, 15) is 13.2 Å². The summed E-state index contributed by atoms with van der Waals surface area (Å²) in [6, 6.07) is 6.03. The van der Waals surface area contributed by atoms with Crippen LogP contribution in [0.2, 0.25) is 5.02 Å². The Morgan fingerprint density at radius 1 is 1.36 bits per heavy atom. The molecule has 25 heavy (non-hydrogen) atoms. The Morgan fingerprint density at radius 3 is 2.72 bits per heavy atom. The molecule has 0 spiro atoms. The zero-order chi connectivity index (χ0) is 18.2. The fourth-order valence-electron chi connectivity index (χ4n) is 3.03. The molecule has 0 saturated carbocycles. The van der Waals surface area contributed by atoms with Gasteiger partial charge in [0, 0.05) is 6.54 Å². The molecular formula is C16H18ClN3O4S. The van der Waals surface area contributed by atoms with Crippen molar-refractivity contribution in [3.05, 3.63) is 40.7 Å². The number of anilines is 1. The zero-order valence-electron chi connectivity index (χ0n) is 13.8. The Bertz CT molecular complexity index is 890. The molecule has 3 rings (SSSR count). The standard InChI is InChI=1S/C16H18ClN3O4S/c1-10-15(11(2)24-19-10)25(22,23)20-9-5-8-14(20)16(21)18-13-7-4-3-6-12(13)17/h3-4,6-7,14H,5,8-9H2,1-2H3,(H,18,21). The summed E-state index contributed by atoms with van der Waals surface area (Å²) in [6.07, 6.45) is 1.04. The quantitative estimate of drug-likeness (QED) is 0.876. The SMILES string of the molecule is Cc1noc(C)c1S(=O)(=O)N1CCCC1C(=O)Nc1ccccc1Cl. The predicted molar refractivity (Wildman–Crippen MR) is 93.0 cm³/mol. The average molecular weight is 384 g/mol. The van der Waals surface area contributed by atoms with Crippen molar-refractivity contribution in [2.45, 2.75) is 37.6 Å². The van der Waals surface area contributed by atoms with Crippen molar-refractivity contribution in [3.63, 3.8) is 0 Å². The minimum atomic E-state index is -3.87. The van der Waals surface area contributed by atoms with E-state index in [0.717, 1.165) is 0 Å².